The van der Waals surface area contributed by atoms with Crippen LogP contribution in [-0.2, 0) is 17.8 Å². The van der Waals surface area contributed by atoms with Crippen molar-refractivity contribution in [3.05, 3.63) is 46.6 Å². The Bertz CT molecular complexity index is 1370. The van der Waals surface area contributed by atoms with Gasteiger partial charge in [-0.05, 0) is 19.1 Å². The minimum absolute atomic E-state index is 0.166. The molecular weight excluding hydrogens is 434 g/mol. The summed E-state index contributed by atoms with van der Waals surface area (Å²) in [5, 5.41) is 5.38. The van der Waals surface area contributed by atoms with Crippen LogP contribution in [0.1, 0.15) is 12.7 Å². The minimum atomic E-state index is -0.219. The van der Waals surface area contributed by atoms with Gasteiger partial charge in [-0.1, -0.05) is 12.1 Å². The molecule has 3 aromatic heterocycles. The number of rotatable bonds is 7. The molecule has 178 valence electrons. The molecule has 4 heterocycles. The number of morpholine rings is 1. The van der Waals surface area contributed by atoms with Crippen LogP contribution >= 0.6 is 0 Å². The number of hydrogen-bond donors (Lipinski definition) is 1. The van der Waals surface area contributed by atoms with Crippen LogP contribution in [0, 0.1) is 0 Å². The van der Waals surface area contributed by atoms with E-state index in [1.54, 1.807) is 6.20 Å². The van der Waals surface area contributed by atoms with Crippen molar-refractivity contribution < 1.29 is 4.74 Å². The second-order valence-corrected chi connectivity index (χ2v) is 8.29. The number of aryl methyl sites for hydroxylation is 1. The maximum absolute atomic E-state index is 13.5. The first-order valence-electron chi connectivity index (χ1n) is 11.6. The summed E-state index contributed by atoms with van der Waals surface area (Å²) in [4.78, 5) is 31.9. The van der Waals surface area contributed by atoms with Crippen LogP contribution in [-0.4, -0.2) is 75.7 Å². The summed E-state index contributed by atoms with van der Waals surface area (Å²) in [7, 11) is 1.92. The van der Waals surface area contributed by atoms with Crippen molar-refractivity contribution in [1.29, 1.82) is 0 Å². The van der Waals surface area contributed by atoms with E-state index in [0.29, 0.717) is 55.7 Å². The van der Waals surface area contributed by atoms with Crippen LogP contribution < -0.4 is 21.1 Å². The number of anilines is 2. The van der Waals surface area contributed by atoms with Crippen molar-refractivity contribution in [2.45, 2.75) is 20.0 Å². The van der Waals surface area contributed by atoms with Crippen LogP contribution in [0.25, 0.3) is 21.9 Å². The molecular formula is C23H29N9O2. The number of fused-ring (bicyclic) bond motifs is 2. The monoisotopic (exact) mass is 463 g/mol. The molecule has 4 aromatic rings. The topological polar surface area (TPSA) is 120 Å². The molecule has 11 nitrogen and oxygen atoms in total. The molecule has 1 aliphatic rings. The predicted molar refractivity (Wildman–Crippen MR) is 131 cm³/mol. The average Bonchev–Trinajstić information content (AvgIpc) is 3.25. The van der Waals surface area contributed by atoms with Crippen molar-refractivity contribution in [1.82, 2.24) is 29.3 Å². The lowest BCUT2D eigenvalue weighted by Gasteiger charge is -2.29. The first-order chi connectivity index (χ1) is 16.6. The van der Waals surface area contributed by atoms with E-state index in [2.05, 4.69) is 15.0 Å². The first-order valence-corrected chi connectivity index (χ1v) is 11.6. The van der Waals surface area contributed by atoms with Crippen LogP contribution in [0.15, 0.2) is 35.3 Å². The summed E-state index contributed by atoms with van der Waals surface area (Å²) >= 11 is 0. The fraction of sp³-hybridized carbons (Fsp3) is 0.435. The SMILES string of the molecule is CCn1c(N(C)CCN)nc2cnn(Cc3nc(N4CCOCC4)c4ccccc4n3)c(=O)c21. The number of ether oxygens (including phenoxy) is 1. The van der Waals surface area contributed by atoms with E-state index >= 15 is 0 Å². The lowest BCUT2D eigenvalue weighted by Crippen LogP contribution is -2.37. The Morgan fingerprint density at radius 3 is 2.68 bits per heavy atom. The van der Waals surface area contributed by atoms with Crippen molar-refractivity contribution in [2.75, 3.05) is 56.2 Å². The molecule has 34 heavy (non-hydrogen) atoms. The third-order valence-electron chi connectivity index (χ3n) is 6.08. The maximum Gasteiger partial charge on any atom is 0.293 e. The summed E-state index contributed by atoms with van der Waals surface area (Å²) in [6.07, 6.45) is 1.63. The van der Waals surface area contributed by atoms with Gasteiger partial charge in [0.05, 0.1) is 24.9 Å². The normalized spacial score (nSPS) is 14.3. The predicted octanol–water partition coefficient (Wildman–Crippen LogP) is 0.836. The molecule has 0 bridgehead atoms. The van der Waals surface area contributed by atoms with Gasteiger partial charge in [-0.25, -0.2) is 19.6 Å². The van der Waals surface area contributed by atoms with Gasteiger partial charge in [0.15, 0.2) is 5.82 Å². The van der Waals surface area contributed by atoms with Crippen LogP contribution in [0.3, 0.4) is 0 Å². The number of benzene rings is 1. The van der Waals surface area contributed by atoms with Gasteiger partial charge in [-0.15, -0.1) is 0 Å². The molecule has 0 atom stereocenters. The molecule has 0 saturated carbocycles. The average molecular weight is 464 g/mol. The van der Waals surface area contributed by atoms with E-state index in [4.69, 9.17) is 20.4 Å². The van der Waals surface area contributed by atoms with Gasteiger partial charge >= 0.3 is 0 Å². The molecule has 1 fully saturated rings. The van der Waals surface area contributed by atoms with E-state index in [1.165, 1.54) is 4.68 Å². The number of likely N-dealkylation sites (N-methyl/N-ethyl adjacent to an activating group) is 1. The maximum atomic E-state index is 13.5. The smallest absolute Gasteiger partial charge is 0.293 e. The summed E-state index contributed by atoms with van der Waals surface area (Å²) in [6.45, 7) is 6.75. The molecule has 11 heteroatoms. The zero-order valence-corrected chi connectivity index (χ0v) is 19.5. The van der Waals surface area contributed by atoms with E-state index in [-0.39, 0.29) is 12.1 Å². The van der Waals surface area contributed by atoms with E-state index in [0.717, 1.165) is 29.8 Å². The van der Waals surface area contributed by atoms with Gasteiger partial charge in [-0.2, -0.15) is 5.10 Å². The van der Waals surface area contributed by atoms with Gasteiger partial charge in [0.1, 0.15) is 23.4 Å². The summed E-state index contributed by atoms with van der Waals surface area (Å²) in [5.41, 5.74) is 7.42. The second-order valence-electron chi connectivity index (χ2n) is 8.29. The fourth-order valence-corrected chi connectivity index (χ4v) is 4.40. The van der Waals surface area contributed by atoms with Crippen molar-refractivity contribution in [2.24, 2.45) is 5.73 Å². The van der Waals surface area contributed by atoms with Crippen LogP contribution in [0.4, 0.5) is 11.8 Å². The summed E-state index contributed by atoms with van der Waals surface area (Å²) < 4.78 is 8.83. The van der Waals surface area contributed by atoms with Crippen molar-refractivity contribution in [3.63, 3.8) is 0 Å². The zero-order valence-electron chi connectivity index (χ0n) is 19.5. The Morgan fingerprint density at radius 1 is 1.12 bits per heavy atom. The Balaban J connectivity index is 1.57. The lowest BCUT2D eigenvalue weighted by atomic mass is 10.2. The van der Waals surface area contributed by atoms with Crippen LogP contribution in [0.5, 0.6) is 0 Å². The van der Waals surface area contributed by atoms with Gasteiger partial charge in [-0.3, -0.25) is 4.79 Å². The molecule has 0 aliphatic carbocycles. The van der Waals surface area contributed by atoms with Crippen molar-refractivity contribution in [3.8, 4) is 0 Å². The molecule has 0 radical (unpaired) electrons. The molecule has 5 rings (SSSR count). The minimum Gasteiger partial charge on any atom is -0.378 e. The number of aromatic nitrogens is 6. The molecule has 2 N–H and O–H groups in total. The molecule has 0 amide bonds. The molecule has 1 aliphatic heterocycles. The summed E-state index contributed by atoms with van der Waals surface area (Å²) in [5.74, 6) is 2.11. The first kappa shape index (κ1) is 22.2. The highest BCUT2D eigenvalue weighted by atomic mass is 16.5. The van der Waals surface area contributed by atoms with Crippen LogP contribution in [0.2, 0.25) is 0 Å². The third kappa shape index (κ3) is 3.97. The van der Waals surface area contributed by atoms with E-state index in [1.807, 2.05) is 47.7 Å². The van der Waals surface area contributed by atoms with Crippen molar-refractivity contribution >= 4 is 33.7 Å². The zero-order chi connectivity index (χ0) is 23.7. The highest BCUT2D eigenvalue weighted by Crippen LogP contribution is 2.25. The molecule has 1 aromatic carbocycles. The largest absolute Gasteiger partial charge is 0.378 e. The second kappa shape index (κ2) is 9.35. The third-order valence-corrected chi connectivity index (χ3v) is 6.08. The molecule has 0 unspecified atom stereocenters. The lowest BCUT2D eigenvalue weighted by molar-refractivity contribution is 0.122. The Labute approximate surface area is 196 Å². The van der Waals surface area contributed by atoms with Gasteiger partial charge in [0, 0.05) is 45.2 Å². The Hall–Kier alpha value is -3.57. The number of nitrogens with two attached hydrogens (primary N) is 1. The standard InChI is InChI=1S/C23H29N9O2/c1-3-31-20-18(27-23(31)29(2)9-8-24)14-25-32(22(20)33)15-19-26-17-7-5-4-6-16(17)21(28-19)30-10-12-34-13-11-30/h4-7,14H,3,8-13,15,24H2,1-2H3. The van der Waals surface area contributed by atoms with E-state index < -0.39 is 0 Å². The molecule has 0 spiro atoms. The Kier molecular flexibility index (Phi) is 6.12. The molecule has 1 saturated heterocycles. The van der Waals surface area contributed by atoms with Gasteiger partial charge < -0.3 is 24.8 Å². The highest BCUT2D eigenvalue weighted by molar-refractivity contribution is 5.89. The highest BCUT2D eigenvalue weighted by Gasteiger charge is 2.20. The number of imidazole rings is 1. The van der Waals surface area contributed by atoms with E-state index in [9.17, 15) is 4.79 Å². The Morgan fingerprint density at radius 2 is 1.91 bits per heavy atom. The quantitative estimate of drug-likeness (QED) is 0.425. The van der Waals surface area contributed by atoms with Gasteiger partial charge in [0.2, 0.25) is 5.95 Å². The fourth-order valence-electron chi connectivity index (χ4n) is 4.40. The number of para-hydroxylation sites is 1. The summed E-state index contributed by atoms with van der Waals surface area (Å²) in [6, 6.07) is 7.94. The van der Waals surface area contributed by atoms with Gasteiger partial charge in [0.25, 0.3) is 5.56 Å². The number of nitrogens with zero attached hydrogens (tertiary/aromatic N) is 8. The number of hydrogen-bond acceptors (Lipinski definition) is 9.